The molecule has 3 rings (SSSR count). The summed E-state index contributed by atoms with van der Waals surface area (Å²) in [6.45, 7) is 0.803. The minimum atomic E-state index is -0.839. The van der Waals surface area contributed by atoms with Crippen molar-refractivity contribution in [3.63, 3.8) is 0 Å². The lowest BCUT2D eigenvalue weighted by Crippen LogP contribution is -2.35. The maximum absolute atomic E-state index is 13.2. The zero-order chi connectivity index (χ0) is 24.3. The van der Waals surface area contributed by atoms with Gasteiger partial charge in [0.25, 0.3) is 11.7 Å². The molecule has 2 aromatic carbocycles. The summed E-state index contributed by atoms with van der Waals surface area (Å²) >= 11 is 6.14. The van der Waals surface area contributed by atoms with Crippen LogP contribution in [0.3, 0.4) is 0 Å². The number of methoxy groups -OCH3 is 3. The molecule has 0 aliphatic carbocycles. The normalized spacial score (nSPS) is 17.5. The Hall–Kier alpha value is -3.23. The second-order valence-corrected chi connectivity index (χ2v) is 8.19. The van der Waals surface area contributed by atoms with Crippen LogP contribution in [0.5, 0.6) is 17.2 Å². The fourth-order valence-corrected chi connectivity index (χ4v) is 3.97. The number of likely N-dealkylation sites (N-methyl/N-ethyl adjacent to an activating group) is 1. The van der Waals surface area contributed by atoms with Gasteiger partial charge in [-0.05, 0) is 50.0 Å². The van der Waals surface area contributed by atoms with Gasteiger partial charge in [0.2, 0.25) is 0 Å². The van der Waals surface area contributed by atoms with E-state index in [9.17, 15) is 14.7 Å². The Bertz CT molecular complexity index is 1100. The summed E-state index contributed by atoms with van der Waals surface area (Å²) in [7, 11) is 8.22. The number of halogens is 1. The van der Waals surface area contributed by atoms with Crippen molar-refractivity contribution < 1.29 is 28.9 Å². The van der Waals surface area contributed by atoms with Crippen molar-refractivity contribution >= 4 is 29.1 Å². The van der Waals surface area contributed by atoms with Crippen LogP contribution in [-0.4, -0.2) is 75.1 Å². The number of aliphatic hydroxyl groups excluding tert-OH is 1. The van der Waals surface area contributed by atoms with Gasteiger partial charge >= 0.3 is 0 Å². The Kier molecular flexibility index (Phi) is 7.50. The van der Waals surface area contributed by atoms with Crippen molar-refractivity contribution in [3.8, 4) is 17.2 Å². The zero-order valence-electron chi connectivity index (χ0n) is 19.2. The molecule has 9 heteroatoms. The third-order valence-corrected chi connectivity index (χ3v) is 5.70. The first-order valence-corrected chi connectivity index (χ1v) is 10.6. The minimum absolute atomic E-state index is 0.0495. The summed E-state index contributed by atoms with van der Waals surface area (Å²) in [6.07, 6.45) is 0. The van der Waals surface area contributed by atoms with E-state index in [-0.39, 0.29) is 23.4 Å². The highest BCUT2D eigenvalue weighted by Gasteiger charge is 2.46. The second-order valence-electron chi connectivity index (χ2n) is 7.75. The highest BCUT2D eigenvalue weighted by Crippen LogP contribution is 2.43. The molecule has 1 atom stereocenters. The van der Waals surface area contributed by atoms with E-state index in [2.05, 4.69) is 0 Å². The molecule has 1 unspecified atom stereocenters. The lowest BCUT2D eigenvalue weighted by molar-refractivity contribution is -0.140. The van der Waals surface area contributed by atoms with Gasteiger partial charge < -0.3 is 29.1 Å². The monoisotopic (exact) mass is 474 g/mol. The van der Waals surface area contributed by atoms with E-state index in [1.165, 1.54) is 32.3 Å². The molecule has 1 N–H and O–H groups in total. The number of Topliss-reactive ketones (excluding diaryl/α,β-unsaturated/α-hetero) is 1. The number of ketones is 1. The molecular formula is C24H27ClN2O6. The van der Waals surface area contributed by atoms with E-state index in [4.69, 9.17) is 25.8 Å². The van der Waals surface area contributed by atoms with Crippen LogP contribution in [0.1, 0.15) is 17.2 Å². The van der Waals surface area contributed by atoms with Gasteiger partial charge in [0.1, 0.15) is 11.5 Å². The van der Waals surface area contributed by atoms with Gasteiger partial charge in [0.05, 0.1) is 38.5 Å². The Morgan fingerprint density at radius 2 is 1.64 bits per heavy atom. The highest BCUT2D eigenvalue weighted by atomic mass is 35.5. The first-order valence-electron chi connectivity index (χ1n) is 10.2. The molecule has 1 amide bonds. The van der Waals surface area contributed by atoms with Crippen molar-refractivity contribution in [1.82, 2.24) is 9.80 Å². The van der Waals surface area contributed by atoms with E-state index < -0.39 is 17.7 Å². The Morgan fingerprint density at radius 1 is 1.00 bits per heavy atom. The molecule has 0 saturated carbocycles. The highest BCUT2D eigenvalue weighted by molar-refractivity contribution is 6.46. The third-order valence-electron chi connectivity index (χ3n) is 5.47. The van der Waals surface area contributed by atoms with Crippen molar-refractivity contribution in [3.05, 3.63) is 58.1 Å². The van der Waals surface area contributed by atoms with Crippen molar-refractivity contribution in [2.45, 2.75) is 6.04 Å². The first-order chi connectivity index (χ1) is 15.7. The van der Waals surface area contributed by atoms with Crippen LogP contribution >= 0.6 is 11.6 Å². The van der Waals surface area contributed by atoms with Gasteiger partial charge in [-0.15, -0.1) is 0 Å². The lowest BCUT2D eigenvalue weighted by atomic mass is 9.94. The number of benzene rings is 2. The SMILES string of the molecule is COc1ccc(C2/C(=C(\O)c3cc(Cl)ccc3OC)C(=O)C(=O)N2CCN(C)C)cc1OC. The third kappa shape index (κ3) is 4.77. The van der Waals surface area contributed by atoms with E-state index in [1.807, 2.05) is 19.0 Å². The van der Waals surface area contributed by atoms with Gasteiger partial charge in [0.15, 0.2) is 11.5 Å². The molecule has 1 heterocycles. The molecule has 0 radical (unpaired) electrons. The van der Waals surface area contributed by atoms with Crippen LogP contribution in [0.4, 0.5) is 0 Å². The predicted molar refractivity (Wildman–Crippen MR) is 125 cm³/mol. The summed E-state index contributed by atoms with van der Waals surface area (Å²) in [5, 5.41) is 11.6. The van der Waals surface area contributed by atoms with E-state index >= 15 is 0 Å². The standard InChI is InChI=1S/C24H27ClN2O6/c1-26(2)10-11-27-21(14-6-8-18(32-4)19(12-14)33-5)20(23(29)24(27)30)22(28)16-13-15(25)7-9-17(16)31-3/h6-9,12-13,21,28H,10-11H2,1-5H3/b22-20+. The molecule has 1 saturated heterocycles. The van der Waals surface area contributed by atoms with Gasteiger partial charge in [0, 0.05) is 18.1 Å². The number of likely N-dealkylation sites (tertiary alicyclic amines) is 1. The van der Waals surface area contributed by atoms with Crippen LogP contribution in [0.2, 0.25) is 5.02 Å². The molecule has 0 spiro atoms. The van der Waals surface area contributed by atoms with Gasteiger partial charge in [-0.2, -0.15) is 0 Å². The molecule has 1 aliphatic heterocycles. The molecule has 0 aromatic heterocycles. The number of amides is 1. The quantitative estimate of drug-likeness (QED) is 0.356. The molecule has 176 valence electrons. The summed E-state index contributed by atoms with van der Waals surface area (Å²) in [6, 6.07) is 8.98. The lowest BCUT2D eigenvalue weighted by Gasteiger charge is -2.27. The van der Waals surface area contributed by atoms with Crippen LogP contribution in [0, 0.1) is 0 Å². The largest absolute Gasteiger partial charge is 0.507 e. The summed E-state index contributed by atoms with van der Waals surface area (Å²) < 4.78 is 16.1. The zero-order valence-corrected chi connectivity index (χ0v) is 20.0. The van der Waals surface area contributed by atoms with Gasteiger partial charge in [-0.25, -0.2) is 0 Å². The van der Waals surface area contributed by atoms with Crippen molar-refractivity contribution in [2.75, 3.05) is 48.5 Å². The molecule has 0 bridgehead atoms. The number of ether oxygens (including phenoxy) is 3. The van der Waals surface area contributed by atoms with Gasteiger partial charge in [-0.1, -0.05) is 17.7 Å². The second kappa shape index (κ2) is 10.1. The molecule has 1 fully saturated rings. The maximum Gasteiger partial charge on any atom is 0.295 e. The van der Waals surface area contributed by atoms with Crippen molar-refractivity contribution in [1.29, 1.82) is 0 Å². The fourth-order valence-electron chi connectivity index (χ4n) is 3.80. The minimum Gasteiger partial charge on any atom is -0.507 e. The maximum atomic E-state index is 13.2. The van der Waals surface area contributed by atoms with Gasteiger partial charge in [-0.3, -0.25) is 9.59 Å². The molecule has 2 aromatic rings. The Labute approximate surface area is 197 Å². The fraction of sp³-hybridized carbons (Fsp3) is 0.333. The molecule has 8 nitrogen and oxygen atoms in total. The average Bonchev–Trinajstić information content (AvgIpc) is 3.06. The van der Waals surface area contributed by atoms with E-state index in [0.29, 0.717) is 34.4 Å². The molecular weight excluding hydrogens is 448 g/mol. The average molecular weight is 475 g/mol. The van der Waals surface area contributed by atoms with Crippen LogP contribution in [0.15, 0.2) is 42.0 Å². The summed E-state index contributed by atoms with van der Waals surface area (Å²) in [4.78, 5) is 29.6. The smallest absolute Gasteiger partial charge is 0.295 e. The molecule has 33 heavy (non-hydrogen) atoms. The van der Waals surface area contributed by atoms with Crippen LogP contribution < -0.4 is 14.2 Å². The predicted octanol–water partition coefficient (Wildman–Crippen LogP) is 3.35. The number of nitrogens with zero attached hydrogens (tertiary/aromatic N) is 2. The number of carbonyl (C=O) groups is 2. The summed E-state index contributed by atoms with van der Waals surface area (Å²) in [5.41, 5.74) is 0.765. The Balaban J connectivity index is 2.25. The Morgan fingerprint density at radius 3 is 2.24 bits per heavy atom. The number of carbonyl (C=O) groups excluding carboxylic acids is 2. The van der Waals surface area contributed by atoms with Crippen LogP contribution in [-0.2, 0) is 9.59 Å². The first kappa shape index (κ1) is 24.4. The molecule has 1 aliphatic rings. The number of hydrogen-bond donors (Lipinski definition) is 1. The topological polar surface area (TPSA) is 88.5 Å². The number of aliphatic hydroxyl groups is 1. The summed E-state index contributed by atoms with van der Waals surface area (Å²) in [5.74, 6) is -0.578. The number of hydrogen-bond acceptors (Lipinski definition) is 7. The van der Waals surface area contributed by atoms with Crippen LogP contribution in [0.25, 0.3) is 5.76 Å². The number of rotatable bonds is 8. The van der Waals surface area contributed by atoms with E-state index in [0.717, 1.165) is 0 Å². The van der Waals surface area contributed by atoms with E-state index in [1.54, 1.807) is 30.3 Å². The van der Waals surface area contributed by atoms with Crippen molar-refractivity contribution in [2.24, 2.45) is 0 Å².